The largest absolute Gasteiger partial charge is 0.496 e. The zero-order valence-electron chi connectivity index (χ0n) is 15.9. The second-order valence-electron chi connectivity index (χ2n) is 6.11. The van der Waals surface area contributed by atoms with E-state index in [4.69, 9.17) is 9.47 Å². The van der Waals surface area contributed by atoms with Crippen LogP contribution in [0.2, 0.25) is 0 Å². The summed E-state index contributed by atoms with van der Waals surface area (Å²) < 4.78 is 10.6. The number of ether oxygens (including phenoxy) is 2. The Hall–Kier alpha value is -3.54. The summed E-state index contributed by atoms with van der Waals surface area (Å²) in [4.78, 5) is 16.7. The molecule has 2 aromatic carbocycles. The van der Waals surface area contributed by atoms with Gasteiger partial charge in [-0.2, -0.15) is 0 Å². The number of benzene rings is 2. The van der Waals surface area contributed by atoms with Crippen molar-refractivity contribution in [2.75, 3.05) is 31.4 Å². The van der Waals surface area contributed by atoms with Crippen molar-refractivity contribution in [2.45, 2.75) is 6.42 Å². The normalized spacial score (nSPS) is 10.2. The van der Waals surface area contributed by atoms with E-state index in [2.05, 4.69) is 15.6 Å². The maximum atomic E-state index is 12.6. The monoisotopic (exact) mass is 377 g/mol. The molecular formula is C22H23N3O3. The summed E-state index contributed by atoms with van der Waals surface area (Å²) in [6.07, 6.45) is 4.03. The van der Waals surface area contributed by atoms with Crippen LogP contribution in [0.15, 0.2) is 67.0 Å². The fraction of sp³-hybridized carbons (Fsp3) is 0.182. The zero-order chi connectivity index (χ0) is 19.8. The number of hydrogen-bond donors (Lipinski definition) is 2. The number of rotatable bonds is 8. The maximum Gasteiger partial charge on any atom is 0.257 e. The van der Waals surface area contributed by atoms with Crippen LogP contribution in [-0.2, 0) is 6.42 Å². The number of anilines is 2. The molecule has 0 unspecified atom stereocenters. The molecular weight excluding hydrogens is 354 g/mol. The minimum Gasteiger partial charge on any atom is -0.496 e. The van der Waals surface area contributed by atoms with Crippen LogP contribution in [-0.4, -0.2) is 31.7 Å². The van der Waals surface area contributed by atoms with Gasteiger partial charge in [0.15, 0.2) is 0 Å². The summed E-state index contributed by atoms with van der Waals surface area (Å²) in [6.45, 7) is 0.694. The van der Waals surface area contributed by atoms with Crippen LogP contribution in [0.25, 0.3) is 0 Å². The van der Waals surface area contributed by atoms with Gasteiger partial charge in [0, 0.05) is 18.9 Å². The molecule has 1 heterocycles. The molecule has 1 aromatic heterocycles. The molecule has 6 heteroatoms. The number of para-hydroxylation sites is 3. The van der Waals surface area contributed by atoms with E-state index in [9.17, 15) is 4.79 Å². The first kappa shape index (κ1) is 19.2. The van der Waals surface area contributed by atoms with E-state index >= 15 is 0 Å². The molecule has 6 nitrogen and oxygen atoms in total. The molecule has 0 fully saturated rings. The number of pyridine rings is 1. The molecule has 3 aromatic rings. The topological polar surface area (TPSA) is 72.5 Å². The van der Waals surface area contributed by atoms with Gasteiger partial charge in [0.25, 0.3) is 5.91 Å². The first-order valence-electron chi connectivity index (χ1n) is 8.96. The van der Waals surface area contributed by atoms with E-state index in [1.165, 1.54) is 6.20 Å². The summed E-state index contributed by atoms with van der Waals surface area (Å²) in [7, 11) is 3.23. The number of carbonyl (C=O) groups is 1. The molecule has 0 spiro atoms. The molecule has 3 rings (SSSR count). The van der Waals surface area contributed by atoms with Crippen LogP contribution in [0.1, 0.15) is 15.9 Å². The van der Waals surface area contributed by atoms with Gasteiger partial charge in [0.2, 0.25) is 0 Å². The minimum absolute atomic E-state index is 0.245. The molecule has 0 bridgehead atoms. The van der Waals surface area contributed by atoms with Crippen molar-refractivity contribution in [3.05, 3.63) is 78.1 Å². The van der Waals surface area contributed by atoms with Gasteiger partial charge in [0.05, 0.1) is 31.2 Å². The van der Waals surface area contributed by atoms with Gasteiger partial charge in [-0.3, -0.25) is 9.78 Å². The van der Waals surface area contributed by atoms with Gasteiger partial charge in [-0.1, -0.05) is 30.3 Å². The lowest BCUT2D eigenvalue weighted by Gasteiger charge is -2.11. The summed E-state index contributed by atoms with van der Waals surface area (Å²) in [5.41, 5.74) is 2.98. The molecule has 1 amide bonds. The van der Waals surface area contributed by atoms with Crippen LogP contribution >= 0.6 is 0 Å². The van der Waals surface area contributed by atoms with Gasteiger partial charge in [0.1, 0.15) is 11.5 Å². The van der Waals surface area contributed by atoms with E-state index in [-0.39, 0.29) is 5.91 Å². The number of aromatic nitrogens is 1. The second kappa shape index (κ2) is 9.41. The van der Waals surface area contributed by atoms with Gasteiger partial charge >= 0.3 is 0 Å². The number of methoxy groups -OCH3 is 2. The van der Waals surface area contributed by atoms with Crippen LogP contribution in [0.4, 0.5) is 11.4 Å². The smallest absolute Gasteiger partial charge is 0.257 e. The van der Waals surface area contributed by atoms with Crippen LogP contribution in [0.5, 0.6) is 11.5 Å². The van der Waals surface area contributed by atoms with Gasteiger partial charge in [-0.15, -0.1) is 0 Å². The molecule has 28 heavy (non-hydrogen) atoms. The molecule has 2 N–H and O–H groups in total. The van der Waals surface area contributed by atoms with Crippen molar-refractivity contribution >= 4 is 17.3 Å². The Bertz CT molecular complexity index is 944. The molecule has 0 aliphatic carbocycles. The number of amides is 1. The molecule has 0 aliphatic heterocycles. The minimum atomic E-state index is -0.245. The Labute approximate surface area is 164 Å². The van der Waals surface area contributed by atoms with E-state index < -0.39 is 0 Å². The SMILES string of the molecule is COc1ccccc1CCNc1cncc(C(=O)Nc2ccccc2OC)c1. The first-order valence-corrected chi connectivity index (χ1v) is 8.96. The van der Waals surface area contributed by atoms with Crippen molar-refractivity contribution in [3.8, 4) is 11.5 Å². The highest BCUT2D eigenvalue weighted by Gasteiger charge is 2.10. The van der Waals surface area contributed by atoms with Crippen molar-refractivity contribution in [2.24, 2.45) is 0 Å². The van der Waals surface area contributed by atoms with Crippen molar-refractivity contribution < 1.29 is 14.3 Å². The van der Waals surface area contributed by atoms with E-state index in [1.54, 1.807) is 38.6 Å². The Balaban J connectivity index is 1.62. The standard InChI is InChI=1S/C22H23N3O3/c1-27-20-9-5-3-7-16(20)11-12-24-18-13-17(14-23-15-18)22(26)25-19-8-4-6-10-21(19)28-2/h3-10,13-15,24H,11-12H2,1-2H3,(H,25,26). The maximum absolute atomic E-state index is 12.6. The lowest BCUT2D eigenvalue weighted by Crippen LogP contribution is -2.14. The Morgan fingerprint density at radius 3 is 2.46 bits per heavy atom. The molecule has 144 valence electrons. The van der Waals surface area contributed by atoms with Crippen molar-refractivity contribution in [1.82, 2.24) is 4.98 Å². The highest BCUT2D eigenvalue weighted by atomic mass is 16.5. The number of hydrogen-bond acceptors (Lipinski definition) is 5. The van der Waals surface area contributed by atoms with Crippen LogP contribution in [0.3, 0.4) is 0 Å². The predicted octanol–water partition coefficient (Wildman–Crippen LogP) is 4.01. The number of nitrogens with one attached hydrogen (secondary N) is 2. The highest BCUT2D eigenvalue weighted by molar-refractivity contribution is 6.05. The Morgan fingerprint density at radius 1 is 0.964 bits per heavy atom. The fourth-order valence-corrected chi connectivity index (χ4v) is 2.85. The first-order chi connectivity index (χ1) is 13.7. The third kappa shape index (κ3) is 4.79. The van der Waals surface area contributed by atoms with Crippen molar-refractivity contribution in [3.63, 3.8) is 0 Å². The lowest BCUT2D eigenvalue weighted by atomic mass is 10.1. The lowest BCUT2D eigenvalue weighted by molar-refractivity contribution is 0.102. The Morgan fingerprint density at radius 2 is 1.68 bits per heavy atom. The number of nitrogens with zero attached hydrogens (tertiary/aromatic N) is 1. The van der Waals surface area contributed by atoms with E-state index in [1.807, 2.05) is 36.4 Å². The van der Waals surface area contributed by atoms with Crippen LogP contribution < -0.4 is 20.1 Å². The fourth-order valence-electron chi connectivity index (χ4n) is 2.85. The van der Waals surface area contributed by atoms with Gasteiger partial charge in [-0.05, 0) is 36.2 Å². The predicted molar refractivity (Wildman–Crippen MR) is 110 cm³/mol. The highest BCUT2D eigenvalue weighted by Crippen LogP contribution is 2.24. The van der Waals surface area contributed by atoms with Crippen molar-refractivity contribution in [1.29, 1.82) is 0 Å². The molecule has 0 atom stereocenters. The molecule has 0 saturated carbocycles. The summed E-state index contributed by atoms with van der Waals surface area (Å²) in [5.74, 6) is 1.23. The average Bonchev–Trinajstić information content (AvgIpc) is 2.74. The quantitative estimate of drug-likeness (QED) is 0.621. The summed E-state index contributed by atoms with van der Waals surface area (Å²) >= 11 is 0. The van der Waals surface area contributed by atoms with E-state index in [0.29, 0.717) is 23.5 Å². The summed E-state index contributed by atoms with van der Waals surface area (Å²) in [5, 5.41) is 6.16. The van der Waals surface area contributed by atoms with Gasteiger partial charge < -0.3 is 20.1 Å². The molecule has 0 radical (unpaired) electrons. The van der Waals surface area contributed by atoms with Gasteiger partial charge in [-0.25, -0.2) is 0 Å². The Kier molecular flexibility index (Phi) is 6.46. The molecule has 0 aliphatic rings. The second-order valence-corrected chi connectivity index (χ2v) is 6.11. The third-order valence-electron chi connectivity index (χ3n) is 4.27. The summed E-state index contributed by atoms with van der Waals surface area (Å²) in [6, 6.07) is 17.0. The van der Waals surface area contributed by atoms with Crippen LogP contribution in [0, 0.1) is 0 Å². The average molecular weight is 377 g/mol. The molecule has 0 saturated heterocycles. The third-order valence-corrected chi connectivity index (χ3v) is 4.27. The zero-order valence-corrected chi connectivity index (χ0v) is 15.9. The number of carbonyl (C=O) groups excluding carboxylic acids is 1. The van der Waals surface area contributed by atoms with E-state index in [0.717, 1.165) is 23.4 Å².